The maximum Gasteiger partial charge on any atom is 0.339 e. The molecule has 1 aliphatic rings. The molecule has 8 heteroatoms. The van der Waals surface area contributed by atoms with Crippen LogP contribution in [0.25, 0.3) is 10.9 Å². The number of β-amino-alcohol motifs (C(OH)–C–C–N with tert-alkyl or cyclic N) is 1. The second-order valence-electron chi connectivity index (χ2n) is 11.0. The van der Waals surface area contributed by atoms with Crippen LogP contribution in [-0.4, -0.2) is 60.9 Å². The third kappa shape index (κ3) is 6.60. The molecule has 1 aromatic heterocycles. The summed E-state index contributed by atoms with van der Waals surface area (Å²) in [6.07, 6.45) is 1.99. The quantitative estimate of drug-likeness (QED) is 0.249. The van der Waals surface area contributed by atoms with Gasteiger partial charge in [0.2, 0.25) is 5.91 Å². The number of aromatic nitrogens is 2. The monoisotopic (exact) mass is 573 g/mol. The predicted octanol–water partition coefficient (Wildman–Crippen LogP) is 5.35. The summed E-state index contributed by atoms with van der Waals surface area (Å²) < 4.78 is 0. The molecule has 2 N–H and O–H groups in total. The molecule has 2 atom stereocenters. The van der Waals surface area contributed by atoms with Gasteiger partial charge in [-0.3, -0.25) is 9.89 Å². The minimum Gasteiger partial charge on any atom is -0.389 e. The summed E-state index contributed by atoms with van der Waals surface area (Å²) in [6, 6.07) is 34.5. The first kappa shape index (κ1) is 28.2. The van der Waals surface area contributed by atoms with Gasteiger partial charge in [0.05, 0.1) is 36.9 Å². The molecule has 4 aromatic carbocycles. The minimum atomic E-state index is -0.963. The number of aryl methyl sites for hydroxylation is 1. The average Bonchev–Trinajstić information content (AvgIpc) is 3.49. The molecule has 1 saturated heterocycles. The molecule has 0 saturated carbocycles. The Balaban J connectivity index is 1.36. The molecule has 0 bridgehead atoms. The lowest BCUT2D eigenvalue weighted by atomic mass is 9.99. The Morgan fingerprint density at radius 1 is 0.814 bits per heavy atom. The van der Waals surface area contributed by atoms with Crippen LogP contribution in [0.4, 0.5) is 4.79 Å². The molecular formula is C35H35N5O3. The van der Waals surface area contributed by atoms with E-state index < -0.39 is 12.1 Å². The molecule has 1 aliphatic heterocycles. The zero-order valence-corrected chi connectivity index (χ0v) is 23.9. The Labute approximate surface area is 251 Å². The number of hydrogen-bond donors (Lipinski definition) is 2. The first-order valence-corrected chi connectivity index (χ1v) is 14.7. The van der Waals surface area contributed by atoms with Gasteiger partial charge in [-0.1, -0.05) is 97.1 Å². The number of H-pyrrole nitrogens is 1. The van der Waals surface area contributed by atoms with E-state index in [0.717, 1.165) is 33.2 Å². The number of hydrazine groups is 1. The van der Waals surface area contributed by atoms with Crippen molar-refractivity contribution in [1.82, 2.24) is 25.1 Å². The number of aromatic amines is 1. The van der Waals surface area contributed by atoms with E-state index in [1.807, 2.05) is 109 Å². The molecule has 8 nitrogen and oxygen atoms in total. The number of aliphatic hydroxyl groups is 1. The summed E-state index contributed by atoms with van der Waals surface area (Å²) >= 11 is 0. The maximum absolute atomic E-state index is 14.6. The van der Waals surface area contributed by atoms with Gasteiger partial charge >= 0.3 is 6.03 Å². The van der Waals surface area contributed by atoms with Crippen LogP contribution in [0.15, 0.2) is 115 Å². The number of nitrogens with zero attached hydrogens (tertiary/aromatic N) is 4. The van der Waals surface area contributed by atoms with E-state index in [9.17, 15) is 14.7 Å². The number of amides is 3. The smallest absolute Gasteiger partial charge is 0.339 e. The van der Waals surface area contributed by atoms with E-state index in [0.29, 0.717) is 19.4 Å². The van der Waals surface area contributed by atoms with Crippen molar-refractivity contribution in [1.29, 1.82) is 0 Å². The van der Waals surface area contributed by atoms with Gasteiger partial charge in [-0.2, -0.15) is 5.10 Å². The van der Waals surface area contributed by atoms with Crippen LogP contribution in [0.2, 0.25) is 0 Å². The van der Waals surface area contributed by atoms with Crippen molar-refractivity contribution in [3.05, 3.63) is 138 Å². The van der Waals surface area contributed by atoms with Crippen LogP contribution in [0, 0.1) is 0 Å². The summed E-state index contributed by atoms with van der Waals surface area (Å²) in [5.41, 5.74) is 4.76. The highest BCUT2D eigenvalue weighted by molar-refractivity contribution is 5.83. The molecule has 3 amide bonds. The van der Waals surface area contributed by atoms with Crippen LogP contribution in [0.1, 0.15) is 28.7 Å². The number of carbonyl (C=O) groups is 2. The fourth-order valence-corrected chi connectivity index (χ4v) is 5.74. The highest BCUT2D eigenvalue weighted by Gasteiger charge is 2.41. The highest BCUT2D eigenvalue weighted by atomic mass is 16.3. The molecule has 5 aromatic rings. The van der Waals surface area contributed by atoms with Crippen LogP contribution >= 0.6 is 0 Å². The van der Waals surface area contributed by atoms with Gasteiger partial charge in [-0.05, 0) is 47.2 Å². The Bertz CT molecular complexity index is 1660. The minimum absolute atomic E-state index is 0.0100. The van der Waals surface area contributed by atoms with Crippen molar-refractivity contribution >= 4 is 22.8 Å². The fourth-order valence-electron chi connectivity index (χ4n) is 5.74. The highest BCUT2D eigenvalue weighted by Crippen LogP contribution is 2.26. The lowest BCUT2D eigenvalue weighted by molar-refractivity contribution is -0.147. The standard InChI is InChI=1S/C35H35N5O3/c41-33-25-39(34(42)19-17-26-10-4-1-5-11-26)40(24-29-16-18-31-30(20-29)22-36-37-31)35(43)38(23-28-14-8-3-9-15-28)32(33)21-27-12-6-2-7-13-27/h1-16,18,20,22,32-33,41H,17,19,21,23-25H2,(H,36,37)/t32-,33-/m1/s1. The fraction of sp³-hybridized carbons (Fsp3) is 0.229. The Hall–Kier alpha value is -4.95. The molecule has 2 heterocycles. The SMILES string of the molecule is O=C(CCc1ccccc1)N1C[C@@H](O)[C@@H](Cc2ccccc2)N(Cc2ccccc2)C(=O)N1Cc1ccc2[nH]ncc2c1. The number of fused-ring (bicyclic) bond motifs is 1. The van der Waals surface area contributed by atoms with Crippen LogP contribution in [0.3, 0.4) is 0 Å². The molecule has 0 spiro atoms. The topological polar surface area (TPSA) is 92.8 Å². The lowest BCUT2D eigenvalue weighted by Crippen LogP contribution is -2.52. The van der Waals surface area contributed by atoms with Crippen LogP contribution in [0.5, 0.6) is 0 Å². The van der Waals surface area contributed by atoms with Crippen LogP contribution in [-0.2, 0) is 30.7 Å². The summed E-state index contributed by atoms with van der Waals surface area (Å²) in [7, 11) is 0. The van der Waals surface area contributed by atoms with E-state index in [4.69, 9.17) is 0 Å². The van der Waals surface area contributed by atoms with Gasteiger partial charge in [0, 0.05) is 18.4 Å². The number of nitrogens with one attached hydrogen (secondary N) is 1. The van der Waals surface area contributed by atoms with Gasteiger partial charge in [0.25, 0.3) is 0 Å². The molecular weight excluding hydrogens is 538 g/mol. The third-order valence-electron chi connectivity index (χ3n) is 8.04. The van der Waals surface area contributed by atoms with Crippen molar-refractivity contribution in [3.8, 4) is 0 Å². The number of benzene rings is 4. The van der Waals surface area contributed by atoms with E-state index in [1.165, 1.54) is 10.0 Å². The van der Waals surface area contributed by atoms with E-state index in [2.05, 4.69) is 10.2 Å². The average molecular weight is 574 g/mol. The van der Waals surface area contributed by atoms with E-state index >= 15 is 0 Å². The van der Waals surface area contributed by atoms with Crippen molar-refractivity contribution < 1.29 is 14.7 Å². The van der Waals surface area contributed by atoms with E-state index in [-0.39, 0.29) is 31.4 Å². The normalized spacial score (nSPS) is 17.3. The summed E-state index contributed by atoms with van der Waals surface area (Å²) in [4.78, 5) is 30.3. The van der Waals surface area contributed by atoms with Crippen molar-refractivity contribution in [2.75, 3.05) is 6.54 Å². The summed E-state index contributed by atoms with van der Waals surface area (Å²) in [5.74, 6) is -0.208. The van der Waals surface area contributed by atoms with E-state index in [1.54, 1.807) is 11.1 Å². The molecule has 43 heavy (non-hydrogen) atoms. The largest absolute Gasteiger partial charge is 0.389 e. The lowest BCUT2D eigenvalue weighted by Gasteiger charge is -2.36. The Kier molecular flexibility index (Phi) is 8.47. The molecule has 1 fully saturated rings. The van der Waals surface area contributed by atoms with Gasteiger partial charge in [-0.25, -0.2) is 14.8 Å². The van der Waals surface area contributed by atoms with Gasteiger partial charge in [0.15, 0.2) is 0 Å². The Morgan fingerprint density at radius 2 is 1.47 bits per heavy atom. The predicted molar refractivity (Wildman–Crippen MR) is 165 cm³/mol. The molecule has 6 rings (SSSR count). The van der Waals surface area contributed by atoms with Gasteiger partial charge in [0.1, 0.15) is 0 Å². The van der Waals surface area contributed by atoms with Crippen molar-refractivity contribution in [3.63, 3.8) is 0 Å². The third-order valence-corrected chi connectivity index (χ3v) is 8.04. The molecule has 0 unspecified atom stereocenters. The number of urea groups is 1. The first-order valence-electron chi connectivity index (χ1n) is 14.7. The second-order valence-corrected chi connectivity index (χ2v) is 11.0. The Morgan fingerprint density at radius 3 is 2.16 bits per heavy atom. The maximum atomic E-state index is 14.6. The van der Waals surface area contributed by atoms with Gasteiger partial charge < -0.3 is 10.0 Å². The zero-order chi connectivity index (χ0) is 29.6. The van der Waals surface area contributed by atoms with Gasteiger partial charge in [-0.15, -0.1) is 0 Å². The zero-order valence-electron chi connectivity index (χ0n) is 23.9. The molecule has 0 radical (unpaired) electrons. The molecule has 218 valence electrons. The second kappa shape index (κ2) is 12.9. The van der Waals surface area contributed by atoms with Crippen molar-refractivity contribution in [2.45, 2.75) is 44.5 Å². The number of carbonyl (C=O) groups excluding carboxylic acids is 2. The van der Waals surface area contributed by atoms with Crippen molar-refractivity contribution in [2.24, 2.45) is 0 Å². The summed E-state index contributed by atoms with van der Waals surface area (Å²) in [6.45, 7) is 0.487. The number of rotatable bonds is 9. The summed E-state index contributed by atoms with van der Waals surface area (Å²) in [5, 5.41) is 22.7. The first-order chi connectivity index (χ1) is 21.0. The molecule has 0 aliphatic carbocycles. The number of hydrogen-bond acceptors (Lipinski definition) is 4. The van der Waals surface area contributed by atoms with Crippen LogP contribution < -0.4 is 0 Å². The number of aliphatic hydroxyl groups excluding tert-OH is 1.